The quantitative estimate of drug-likeness (QED) is 0.751. The minimum Gasteiger partial charge on any atom is -0.484 e. The number of aliphatic hydroxyl groups is 1. The molecule has 1 aromatic rings. The average Bonchev–Trinajstić information content (AvgIpc) is 2.49. The zero-order valence-corrected chi connectivity index (χ0v) is 13.4. The minimum atomic E-state index is -0.778. The Bertz CT molecular complexity index is 653. The SMILES string of the molecule is CC1(C)Oc2ccc(C#N)cc2[C@@H]([S+]2CCNCC2=O)[C@@H]1O. The van der Waals surface area contributed by atoms with Crippen LogP contribution in [0.1, 0.15) is 30.2 Å². The molecule has 2 aliphatic heterocycles. The maximum atomic E-state index is 12.3. The number of benzene rings is 1. The summed E-state index contributed by atoms with van der Waals surface area (Å²) in [4.78, 5) is 12.3. The van der Waals surface area contributed by atoms with E-state index in [0.29, 0.717) is 23.6 Å². The highest BCUT2D eigenvalue weighted by atomic mass is 32.2. The molecular weight excluding hydrogens is 300 g/mol. The Hall–Kier alpha value is -1.55. The maximum Gasteiger partial charge on any atom is 0.345 e. The first-order chi connectivity index (χ1) is 10.4. The lowest BCUT2D eigenvalue weighted by atomic mass is 9.90. The Morgan fingerprint density at radius 2 is 2.27 bits per heavy atom. The van der Waals surface area contributed by atoms with Gasteiger partial charge in [-0.25, -0.2) is 4.79 Å². The van der Waals surface area contributed by atoms with Crippen molar-refractivity contribution in [3.63, 3.8) is 0 Å². The fourth-order valence-electron chi connectivity index (χ4n) is 2.97. The van der Waals surface area contributed by atoms with Gasteiger partial charge >= 0.3 is 5.12 Å². The highest BCUT2D eigenvalue weighted by molar-refractivity contribution is 8.11. The Morgan fingerprint density at radius 3 is 2.95 bits per heavy atom. The normalized spacial score (nSPS) is 30.1. The van der Waals surface area contributed by atoms with Gasteiger partial charge in [-0.05, 0) is 32.0 Å². The molecule has 0 aliphatic carbocycles. The second kappa shape index (κ2) is 5.58. The Morgan fingerprint density at radius 1 is 1.50 bits per heavy atom. The monoisotopic (exact) mass is 319 g/mol. The molecule has 5 nitrogen and oxygen atoms in total. The van der Waals surface area contributed by atoms with E-state index >= 15 is 0 Å². The van der Waals surface area contributed by atoms with E-state index in [0.717, 1.165) is 12.1 Å². The summed E-state index contributed by atoms with van der Waals surface area (Å²) in [5, 5.41) is 22.8. The fraction of sp³-hybridized carbons (Fsp3) is 0.500. The van der Waals surface area contributed by atoms with Gasteiger partial charge in [-0.15, -0.1) is 0 Å². The maximum absolute atomic E-state index is 12.3. The lowest BCUT2D eigenvalue weighted by Gasteiger charge is -2.41. The number of aliphatic hydroxyl groups excluding tert-OH is 1. The molecule has 2 N–H and O–H groups in total. The van der Waals surface area contributed by atoms with E-state index in [1.807, 2.05) is 13.8 Å². The third kappa shape index (κ3) is 2.50. The van der Waals surface area contributed by atoms with Crippen molar-refractivity contribution in [3.8, 4) is 11.8 Å². The molecule has 0 saturated carbocycles. The second-order valence-corrected chi connectivity index (χ2v) is 8.35. The van der Waals surface area contributed by atoms with Crippen molar-refractivity contribution in [2.75, 3.05) is 18.8 Å². The zero-order valence-electron chi connectivity index (χ0n) is 12.6. The van der Waals surface area contributed by atoms with Gasteiger partial charge in [0, 0.05) is 6.54 Å². The van der Waals surface area contributed by atoms with Crippen LogP contribution in [0.3, 0.4) is 0 Å². The molecule has 1 unspecified atom stereocenters. The van der Waals surface area contributed by atoms with Crippen molar-refractivity contribution >= 4 is 16.0 Å². The lowest BCUT2D eigenvalue weighted by molar-refractivity contribution is -0.111. The van der Waals surface area contributed by atoms with Gasteiger partial charge in [-0.3, -0.25) is 0 Å². The number of carbonyl (C=O) groups excluding carboxylic acids is 1. The van der Waals surface area contributed by atoms with Crippen LogP contribution in [0.2, 0.25) is 0 Å². The molecule has 6 heteroatoms. The molecule has 3 atom stereocenters. The Balaban J connectivity index is 2.10. The van der Waals surface area contributed by atoms with Crippen molar-refractivity contribution < 1.29 is 14.6 Å². The summed E-state index contributed by atoms with van der Waals surface area (Å²) in [6.07, 6.45) is -0.778. The summed E-state index contributed by atoms with van der Waals surface area (Å²) < 4.78 is 5.91. The van der Waals surface area contributed by atoms with Crippen LogP contribution in [0.25, 0.3) is 0 Å². The van der Waals surface area contributed by atoms with Gasteiger partial charge < -0.3 is 15.2 Å². The van der Waals surface area contributed by atoms with Crippen LogP contribution >= 0.6 is 0 Å². The number of nitrogens with one attached hydrogen (secondary N) is 1. The second-order valence-electron chi connectivity index (χ2n) is 6.12. The highest BCUT2D eigenvalue weighted by Gasteiger charge is 2.54. The van der Waals surface area contributed by atoms with E-state index in [9.17, 15) is 9.90 Å². The summed E-state index contributed by atoms with van der Waals surface area (Å²) >= 11 is 0. The van der Waals surface area contributed by atoms with Crippen molar-refractivity contribution in [1.82, 2.24) is 5.32 Å². The molecule has 116 valence electrons. The molecule has 2 aliphatic rings. The number of ether oxygens (including phenoxy) is 1. The molecule has 0 bridgehead atoms. The number of nitriles is 1. The molecule has 0 amide bonds. The number of rotatable bonds is 1. The van der Waals surface area contributed by atoms with Gasteiger partial charge in [0.1, 0.15) is 29.8 Å². The smallest absolute Gasteiger partial charge is 0.345 e. The van der Waals surface area contributed by atoms with Crippen LogP contribution < -0.4 is 10.1 Å². The molecular formula is C16H19N2O3S+. The van der Waals surface area contributed by atoms with Crippen LogP contribution in [0.5, 0.6) is 5.75 Å². The number of nitrogens with zero attached hydrogens (tertiary/aromatic N) is 1. The van der Waals surface area contributed by atoms with Gasteiger partial charge in [0.05, 0.1) is 28.1 Å². The number of hydrogen-bond donors (Lipinski definition) is 2. The lowest BCUT2D eigenvalue weighted by Crippen LogP contribution is -2.54. The predicted octanol–water partition coefficient (Wildman–Crippen LogP) is 0.879. The fourth-order valence-corrected chi connectivity index (χ4v) is 5.51. The van der Waals surface area contributed by atoms with Crippen molar-refractivity contribution in [2.45, 2.75) is 30.8 Å². The molecule has 0 spiro atoms. The van der Waals surface area contributed by atoms with Gasteiger partial charge in [0.2, 0.25) is 0 Å². The topological polar surface area (TPSA) is 82.3 Å². The van der Waals surface area contributed by atoms with Crippen LogP contribution in [0.15, 0.2) is 18.2 Å². The van der Waals surface area contributed by atoms with Crippen molar-refractivity contribution in [2.24, 2.45) is 0 Å². The average molecular weight is 319 g/mol. The third-order valence-electron chi connectivity index (χ3n) is 4.18. The van der Waals surface area contributed by atoms with E-state index in [4.69, 9.17) is 10.00 Å². The molecule has 1 saturated heterocycles. The molecule has 0 aromatic heterocycles. The van der Waals surface area contributed by atoms with Crippen molar-refractivity contribution in [3.05, 3.63) is 29.3 Å². The summed E-state index contributed by atoms with van der Waals surface area (Å²) in [5.74, 6) is 1.38. The van der Waals surface area contributed by atoms with Gasteiger partial charge in [-0.2, -0.15) is 5.26 Å². The number of fused-ring (bicyclic) bond motifs is 1. The molecule has 0 radical (unpaired) electrons. The minimum absolute atomic E-state index is 0.140. The van der Waals surface area contributed by atoms with Crippen LogP contribution in [-0.2, 0) is 15.7 Å². The van der Waals surface area contributed by atoms with Crippen LogP contribution in [0, 0.1) is 11.3 Å². The standard InChI is InChI=1S/C16H19N2O3S/c1-16(2)15(20)14(22-6-5-18-9-13(22)19)11-7-10(8-17)3-4-12(11)21-16/h3-4,7,14-15,18,20H,5-6,9H2,1-2H3/q+1/t14-,15+,22?/m1/s1. The predicted molar refractivity (Wildman–Crippen MR) is 84.7 cm³/mol. The van der Waals surface area contributed by atoms with Crippen molar-refractivity contribution in [1.29, 1.82) is 5.26 Å². The molecule has 22 heavy (non-hydrogen) atoms. The largest absolute Gasteiger partial charge is 0.484 e. The van der Waals surface area contributed by atoms with E-state index in [1.165, 1.54) is 0 Å². The molecule has 1 fully saturated rings. The number of hydrogen-bond acceptors (Lipinski definition) is 5. The Labute approximate surface area is 132 Å². The van der Waals surface area contributed by atoms with Crippen LogP contribution in [0.4, 0.5) is 0 Å². The third-order valence-corrected chi connectivity index (χ3v) is 6.68. The molecule has 3 rings (SSSR count). The first-order valence-corrected chi connectivity index (χ1v) is 8.74. The van der Waals surface area contributed by atoms with E-state index < -0.39 is 22.6 Å². The van der Waals surface area contributed by atoms with Crippen LogP contribution in [-0.4, -0.2) is 40.8 Å². The summed E-state index contributed by atoms with van der Waals surface area (Å²) in [7, 11) is -0.565. The summed E-state index contributed by atoms with van der Waals surface area (Å²) in [6, 6.07) is 7.34. The highest BCUT2D eigenvalue weighted by Crippen LogP contribution is 2.45. The zero-order chi connectivity index (χ0) is 15.9. The first-order valence-electron chi connectivity index (χ1n) is 7.28. The number of carbonyl (C=O) groups is 1. The van der Waals surface area contributed by atoms with E-state index in [1.54, 1.807) is 18.2 Å². The van der Waals surface area contributed by atoms with E-state index in [-0.39, 0.29) is 10.4 Å². The van der Waals surface area contributed by atoms with Gasteiger partial charge in [0.25, 0.3) is 0 Å². The first kappa shape index (κ1) is 15.3. The van der Waals surface area contributed by atoms with E-state index in [2.05, 4.69) is 11.4 Å². The van der Waals surface area contributed by atoms with Gasteiger partial charge in [0.15, 0.2) is 5.25 Å². The molecule has 2 heterocycles. The summed E-state index contributed by atoms with van der Waals surface area (Å²) in [5.41, 5.74) is 0.541. The van der Waals surface area contributed by atoms with Gasteiger partial charge in [-0.1, -0.05) is 0 Å². The molecule has 1 aromatic carbocycles. The summed E-state index contributed by atoms with van der Waals surface area (Å²) in [6.45, 7) is 4.79. The Kier molecular flexibility index (Phi) is 3.89.